The third-order valence-electron chi connectivity index (χ3n) is 10.6. The molecule has 0 radical (unpaired) electrons. The van der Waals surface area contributed by atoms with Crippen molar-refractivity contribution >= 4 is 18.0 Å². The molecule has 0 aromatic heterocycles. The van der Waals surface area contributed by atoms with Gasteiger partial charge in [-0.15, -0.1) is 0 Å². The molecule has 0 bridgehead atoms. The normalized spacial score (nSPS) is 11.4. The molecule has 0 atom stereocenters. The van der Waals surface area contributed by atoms with Gasteiger partial charge in [-0.1, -0.05) is 162 Å². The SMILES string of the molecule is CCCCCCCCCOC(=O)CCCCCCCN(CCCCCCCC(=O)OC(CCCCCCCC)CCCCCCCC)CCOC(=O)NC. The highest BCUT2D eigenvalue weighted by molar-refractivity contribution is 5.69. The fourth-order valence-electron chi connectivity index (χ4n) is 7.07. The molecule has 0 aromatic carbocycles. The second kappa shape index (κ2) is 42.3. The fourth-order valence-corrected chi connectivity index (χ4v) is 7.07. The third kappa shape index (κ3) is 38.4. The van der Waals surface area contributed by atoms with E-state index in [1.807, 2.05) is 0 Å². The first kappa shape index (κ1) is 52.2. The van der Waals surface area contributed by atoms with E-state index in [2.05, 4.69) is 31.0 Å². The fraction of sp³-hybridized carbons (Fsp3) is 0.935. The van der Waals surface area contributed by atoms with Gasteiger partial charge in [-0.25, -0.2) is 4.79 Å². The number of nitrogens with zero attached hydrogens (tertiary/aromatic N) is 1. The van der Waals surface area contributed by atoms with Crippen LogP contribution in [0.25, 0.3) is 0 Å². The van der Waals surface area contributed by atoms with Crippen molar-refractivity contribution < 1.29 is 28.6 Å². The summed E-state index contributed by atoms with van der Waals surface area (Å²) < 4.78 is 16.7. The van der Waals surface area contributed by atoms with E-state index >= 15 is 0 Å². The zero-order valence-electron chi connectivity index (χ0n) is 36.3. The molecule has 0 aliphatic rings. The van der Waals surface area contributed by atoms with E-state index in [0.717, 1.165) is 110 Å². The van der Waals surface area contributed by atoms with Crippen molar-refractivity contribution in [1.29, 1.82) is 0 Å². The molecule has 1 N–H and O–H groups in total. The first-order valence-electron chi connectivity index (χ1n) is 23.4. The van der Waals surface area contributed by atoms with Crippen molar-refractivity contribution in [3.05, 3.63) is 0 Å². The molecule has 0 saturated carbocycles. The summed E-state index contributed by atoms with van der Waals surface area (Å²) in [6.45, 7) is 10.4. The lowest BCUT2D eigenvalue weighted by molar-refractivity contribution is -0.150. The molecular formula is C46H90N2O6. The lowest BCUT2D eigenvalue weighted by Crippen LogP contribution is -2.31. The second-order valence-corrected chi connectivity index (χ2v) is 15.8. The average Bonchev–Trinajstić information content (AvgIpc) is 3.17. The molecule has 0 aliphatic heterocycles. The molecule has 0 aromatic rings. The van der Waals surface area contributed by atoms with Crippen molar-refractivity contribution in [3.63, 3.8) is 0 Å². The van der Waals surface area contributed by atoms with Gasteiger partial charge in [0.05, 0.1) is 6.61 Å². The lowest BCUT2D eigenvalue weighted by atomic mass is 10.0. The van der Waals surface area contributed by atoms with E-state index in [-0.39, 0.29) is 24.1 Å². The molecular weight excluding hydrogens is 677 g/mol. The van der Waals surface area contributed by atoms with E-state index in [0.29, 0.717) is 26.1 Å². The van der Waals surface area contributed by atoms with Crippen LogP contribution in [0.4, 0.5) is 4.79 Å². The van der Waals surface area contributed by atoms with Crippen molar-refractivity contribution in [1.82, 2.24) is 10.2 Å². The van der Waals surface area contributed by atoms with Crippen molar-refractivity contribution in [2.45, 2.75) is 239 Å². The first-order valence-corrected chi connectivity index (χ1v) is 23.4. The Morgan fingerprint density at radius 2 is 0.852 bits per heavy atom. The van der Waals surface area contributed by atoms with Crippen LogP contribution in [0, 0.1) is 0 Å². The van der Waals surface area contributed by atoms with Crippen LogP contribution in [-0.2, 0) is 23.8 Å². The highest BCUT2D eigenvalue weighted by Crippen LogP contribution is 2.18. The predicted octanol–water partition coefficient (Wildman–Crippen LogP) is 13.0. The van der Waals surface area contributed by atoms with Gasteiger partial charge in [0, 0.05) is 26.4 Å². The van der Waals surface area contributed by atoms with Crippen LogP contribution in [0.2, 0.25) is 0 Å². The maximum Gasteiger partial charge on any atom is 0.406 e. The third-order valence-corrected chi connectivity index (χ3v) is 10.6. The summed E-state index contributed by atoms with van der Waals surface area (Å²) in [4.78, 5) is 38.8. The van der Waals surface area contributed by atoms with Gasteiger partial charge in [-0.05, 0) is 70.9 Å². The summed E-state index contributed by atoms with van der Waals surface area (Å²) in [6.07, 6.45) is 37.3. The summed E-state index contributed by atoms with van der Waals surface area (Å²) in [7, 11) is 1.58. The van der Waals surface area contributed by atoms with E-state index in [4.69, 9.17) is 14.2 Å². The van der Waals surface area contributed by atoms with E-state index in [1.54, 1.807) is 7.05 Å². The number of ether oxygens (including phenoxy) is 3. The molecule has 0 heterocycles. The van der Waals surface area contributed by atoms with Gasteiger partial charge in [0.2, 0.25) is 0 Å². The number of unbranched alkanes of at least 4 members (excludes halogenated alkanes) is 24. The van der Waals surface area contributed by atoms with Crippen LogP contribution in [-0.4, -0.2) is 68.9 Å². The smallest absolute Gasteiger partial charge is 0.406 e. The predicted molar refractivity (Wildman–Crippen MR) is 227 cm³/mol. The summed E-state index contributed by atoms with van der Waals surface area (Å²) >= 11 is 0. The number of carbonyl (C=O) groups excluding carboxylic acids is 3. The van der Waals surface area contributed by atoms with Crippen molar-refractivity contribution in [3.8, 4) is 0 Å². The summed E-state index contributed by atoms with van der Waals surface area (Å²) in [6, 6.07) is 0. The molecule has 0 fully saturated rings. The lowest BCUT2D eigenvalue weighted by Gasteiger charge is -2.22. The minimum atomic E-state index is -0.384. The molecule has 0 rings (SSSR count). The van der Waals surface area contributed by atoms with Gasteiger partial charge in [0.25, 0.3) is 0 Å². The number of hydrogen-bond donors (Lipinski definition) is 1. The van der Waals surface area contributed by atoms with Gasteiger partial charge < -0.3 is 19.5 Å². The molecule has 0 unspecified atom stereocenters. The number of nitrogens with one attached hydrogen (secondary N) is 1. The topological polar surface area (TPSA) is 94.2 Å². The minimum absolute atomic E-state index is 0.00186. The molecule has 54 heavy (non-hydrogen) atoms. The Morgan fingerprint density at radius 1 is 0.444 bits per heavy atom. The minimum Gasteiger partial charge on any atom is -0.466 e. The van der Waals surface area contributed by atoms with Crippen molar-refractivity contribution in [2.24, 2.45) is 0 Å². The number of alkyl carbamates (subject to hydrolysis) is 1. The first-order chi connectivity index (χ1) is 26.5. The van der Waals surface area contributed by atoms with Gasteiger partial charge in [0.15, 0.2) is 0 Å². The van der Waals surface area contributed by atoms with Gasteiger partial charge >= 0.3 is 18.0 Å². The Labute approximate surface area is 334 Å². The van der Waals surface area contributed by atoms with Crippen LogP contribution in [0.1, 0.15) is 233 Å². The van der Waals surface area contributed by atoms with Crippen LogP contribution in [0.3, 0.4) is 0 Å². The highest BCUT2D eigenvalue weighted by atomic mass is 16.6. The molecule has 0 aliphatic carbocycles. The average molecular weight is 767 g/mol. The largest absolute Gasteiger partial charge is 0.466 e. The maximum absolute atomic E-state index is 12.8. The van der Waals surface area contributed by atoms with Crippen LogP contribution in [0.5, 0.6) is 0 Å². The molecule has 0 saturated heterocycles. The van der Waals surface area contributed by atoms with Gasteiger partial charge in [-0.3, -0.25) is 14.5 Å². The quantitative estimate of drug-likeness (QED) is 0.0375. The maximum atomic E-state index is 12.8. The zero-order chi connectivity index (χ0) is 39.6. The number of carbonyl (C=O) groups is 3. The molecule has 8 heteroatoms. The second-order valence-electron chi connectivity index (χ2n) is 15.8. The summed E-state index contributed by atoms with van der Waals surface area (Å²) in [5.41, 5.74) is 0. The van der Waals surface area contributed by atoms with E-state index in [1.165, 1.54) is 109 Å². The molecule has 320 valence electrons. The summed E-state index contributed by atoms with van der Waals surface area (Å²) in [5.74, 6) is -0.0487. The number of hydrogen-bond acceptors (Lipinski definition) is 7. The Bertz CT molecular complexity index is 809. The molecule has 8 nitrogen and oxygen atoms in total. The number of amides is 1. The Hall–Kier alpha value is -1.83. The van der Waals surface area contributed by atoms with Gasteiger partial charge in [-0.2, -0.15) is 0 Å². The van der Waals surface area contributed by atoms with E-state index < -0.39 is 0 Å². The Morgan fingerprint density at radius 3 is 1.33 bits per heavy atom. The van der Waals surface area contributed by atoms with E-state index in [9.17, 15) is 14.4 Å². The number of rotatable bonds is 42. The monoisotopic (exact) mass is 767 g/mol. The Balaban J connectivity index is 4.24. The van der Waals surface area contributed by atoms with Gasteiger partial charge in [0.1, 0.15) is 12.7 Å². The standard InChI is InChI=1S/C46H90N2O6/c1-5-8-11-14-17-26-33-41-52-44(49)36-29-22-18-24-31-38-48(40-42-53-46(51)47-4)39-32-25-19-23-30-37-45(50)54-43(34-27-20-15-12-9-6-2)35-28-21-16-13-10-7-3/h43H,5-42H2,1-4H3,(H,47,51). The zero-order valence-corrected chi connectivity index (χ0v) is 36.3. The molecule has 1 amide bonds. The number of esters is 2. The van der Waals surface area contributed by atoms with Crippen LogP contribution >= 0.6 is 0 Å². The van der Waals surface area contributed by atoms with Crippen molar-refractivity contribution in [2.75, 3.05) is 39.9 Å². The Kier molecular flexibility index (Phi) is 40.9. The van der Waals surface area contributed by atoms with Crippen LogP contribution < -0.4 is 5.32 Å². The molecule has 0 spiro atoms. The highest BCUT2D eigenvalue weighted by Gasteiger charge is 2.14. The summed E-state index contributed by atoms with van der Waals surface area (Å²) in [5, 5.41) is 2.52. The van der Waals surface area contributed by atoms with Crippen LogP contribution in [0.15, 0.2) is 0 Å².